The van der Waals surface area contributed by atoms with Crippen LogP contribution in [0.15, 0.2) is 0 Å². The summed E-state index contributed by atoms with van der Waals surface area (Å²) in [5, 5.41) is 8.62. The molecule has 0 aliphatic rings. The van der Waals surface area contributed by atoms with Gasteiger partial charge >= 0.3 is 5.97 Å². The Kier molecular flexibility index (Phi) is 31.7. The highest BCUT2D eigenvalue weighted by atomic mass is 35.7. The molecule has 2 nitrogen and oxygen atoms in total. The second-order valence-corrected chi connectivity index (χ2v) is 16.4. The zero-order chi connectivity index (χ0) is 26.4. The summed E-state index contributed by atoms with van der Waals surface area (Å²) in [5.74, 6) is -0.651. The molecule has 0 saturated heterocycles. The third kappa shape index (κ3) is 34.3. The van der Waals surface area contributed by atoms with Gasteiger partial charge in [-0.1, -0.05) is 173 Å². The molecule has 0 spiro atoms. The van der Waals surface area contributed by atoms with E-state index in [9.17, 15) is 4.79 Å². The van der Waals surface area contributed by atoms with Crippen molar-refractivity contribution in [2.24, 2.45) is 0 Å². The molecule has 0 aliphatic heterocycles. The molecule has 0 aromatic rings. The molecule has 0 atom stereocenters. The summed E-state index contributed by atoms with van der Waals surface area (Å²) >= 11 is 11.8. The first-order chi connectivity index (χ1) is 17.6. The highest BCUT2D eigenvalue weighted by molar-refractivity contribution is 7.33. The average molecular weight is 566 g/mol. The molecule has 5 heteroatoms. The van der Waals surface area contributed by atoms with Gasteiger partial charge in [-0.05, 0) is 12.5 Å². The van der Waals surface area contributed by atoms with Crippen LogP contribution in [-0.4, -0.2) is 18.5 Å². The zero-order valence-electron chi connectivity index (χ0n) is 23.9. The second-order valence-electron chi connectivity index (χ2n) is 11.2. The van der Waals surface area contributed by atoms with Gasteiger partial charge in [0.2, 0.25) is 7.42 Å². The van der Waals surface area contributed by atoms with E-state index >= 15 is 0 Å². The molecule has 0 radical (unpaired) electrons. The van der Waals surface area contributed by atoms with Crippen molar-refractivity contribution in [2.45, 2.75) is 192 Å². The van der Waals surface area contributed by atoms with E-state index in [0.29, 0.717) is 6.42 Å². The van der Waals surface area contributed by atoms with Crippen LogP contribution in [0.5, 0.6) is 0 Å². The fourth-order valence-corrected chi connectivity index (χ4v) is 6.69. The van der Waals surface area contributed by atoms with E-state index in [1.54, 1.807) is 0 Å². The number of hydrogen-bond acceptors (Lipinski definition) is 1. The monoisotopic (exact) mass is 564 g/mol. The summed E-state index contributed by atoms with van der Waals surface area (Å²) in [4.78, 5) is 10.5. The smallest absolute Gasteiger partial charge is 0.303 e. The standard InChI is InChI=1S/C31H62Cl2O2Si/c32-36(33)30-28-26-24-22-20-18-16-14-12-10-8-6-4-2-1-3-5-7-9-11-13-15-17-19-21-23-25-27-29-31(34)35/h36H,1-30H2,(H,34,35). The van der Waals surface area contributed by atoms with Gasteiger partial charge in [0.25, 0.3) is 0 Å². The molecular formula is C31H62Cl2O2Si. The minimum absolute atomic E-state index is 0.343. The molecular weight excluding hydrogens is 503 g/mol. The quantitative estimate of drug-likeness (QED) is 0.0515. The minimum Gasteiger partial charge on any atom is -0.481 e. The first-order valence-corrected chi connectivity index (χ1v) is 20.4. The molecule has 0 amide bonds. The molecule has 0 heterocycles. The number of rotatable bonds is 31. The molecule has 0 aliphatic carbocycles. The topological polar surface area (TPSA) is 37.3 Å². The SMILES string of the molecule is O=C(O)CCCCCCCCCCCCCCCCCCCCCCCCCCCCCC[SiH](Cl)Cl. The molecule has 0 unspecified atom stereocenters. The molecule has 0 bridgehead atoms. The maximum absolute atomic E-state index is 10.5. The molecule has 0 saturated carbocycles. The number of carboxylic acids is 1. The van der Waals surface area contributed by atoms with Gasteiger partial charge in [0.15, 0.2) is 0 Å². The first-order valence-electron chi connectivity index (χ1n) is 16.1. The molecule has 1 N–H and O–H groups in total. The van der Waals surface area contributed by atoms with E-state index in [0.717, 1.165) is 18.9 Å². The van der Waals surface area contributed by atoms with Gasteiger partial charge in [-0.25, -0.2) is 0 Å². The summed E-state index contributed by atoms with van der Waals surface area (Å²) in [6, 6.07) is 1.09. The molecule has 0 fully saturated rings. The second kappa shape index (κ2) is 31.5. The van der Waals surface area contributed by atoms with Crippen molar-refractivity contribution in [3.63, 3.8) is 0 Å². The summed E-state index contributed by atoms with van der Waals surface area (Å²) < 4.78 is 0. The fourth-order valence-electron chi connectivity index (χ4n) is 5.17. The lowest BCUT2D eigenvalue weighted by molar-refractivity contribution is -0.137. The van der Waals surface area contributed by atoms with Gasteiger partial charge in [-0.3, -0.25) is 4.79 Å². The van der Waals surface area contributed by atoms with Gasteiger partial charge in [0.1, 0.15) is 0 Å². The van der Waals surface area contributed by atoms with Crippen molar-refractivity contribution in [1.29, 1.82) is 0 Å². The van der Waals surface area contributed by atoms with E-state index in [1.807, 2.05) is 0 Å². The third-order valence-electron chi connectivity index (χ3n) is 7.56. The van der Waals surface area contributed by atoms with E-state index in [-0.39, 0.29) is 0 Å². The van der Waals surface area contributed by atoms with E-state index in [1.165, 1.54) is 167 Å². The van der Waals surface area contributed by atoms with Crippen molar-refractivity contribution >= 4 is 35.5 Å². The number of carboxylic acid groups (broad SMARTS) is 1. The molecule has 0 aromatic carbocycles. The van der Waals surface area contributed by atoms with Gasteiger partial charge in [-0.15, -0.1) is 0 Å². The normalized spacial score (nSPS) is 11.5. The van der Waals surface area contributed by atoms with Crippen molar-refractivity contribution in [3.8, 4) is 0 Å². The minimum atomic E-state index is -1.34. The number of aliphatic carboxylic acids is 1. The molecule has 0 rings (SSSR count). The van der Waals surface area contributed by atoms with Crippen LogP contribution in [-0.2, 0) is 4.79 Å². The maximum atomic E-state index is 10.5. The Hall–Kier alpha value is 0.267. The lowest BCUT2D eigenvalue weighted by atomic mass is 10.0. The van der Waals surface area contributed by atoms with E-state index in [2.05, 4.69) is 0 Å². The highest BCUT2D eigenvalue weighted by Crippen LogP contribution is 2.17. The van der Waals surface area contributed by atoms with Gasteiger partial charge in [-0.2, -0.15) is 22.2 Å². The van der Waals surface area contributed by atoms with Crippen molar-refractivity contribution < 1.29 is 9.90 Å². The zero-order valence-corrected chi connectivity index (χ0v) is 26.6. The number of unbranched alkanes of at least 4 members (excludes halogenated alkanes) is 27. The predicted molar refractivity (Wildman–Crippen MR) is 165 cm³/mol. The van der Waals surface area contributed by atoms with Gasteiger partial charge in [0, 0.05) is 6.42 Å². The molecule has 0 aromatic heterocycles. The maximum Gasteiger partial charge on any atom is 0.303 e. The average Bonchev–Trinajstić information content (AvgIpc) is 2.85. The number of halogens is 2. The summed E-state index contributed by atoms with van der Waals surface area (Å²) in [5.41, 5.74) is 0. The highest BCUT2D eigenvalue weighted by Gasteiger charge is 2.01. The van der Waals surface area contributed by atoms with Gasteiger partial charge in [0.05, 0.1) is 0 Å². The largest absolute Gasteiger partial charge is 0.481 e. The number of carbonyl (C=O) groups is 1. The van der Waals surface area contributed by atoms with Crippen LogP contribution < -0.4 is 0 Å². The Labute approximate surface area is 237 Å². The van der Waals surface area contributed by atoms with Crippen LogP contribution in [0.1, 0.15) is 186 Å². The predicted octanol–water partition coefficient (Wildman–Crippen LogP) is 12.1. The van der Waals surface area contributed by atoms with Crippen LogP contribution in [0.2, 0.25) is 6.04 Å². The van der Waals surface area contributed by atoms with Crippen molar-refractivity contribution in [3.05, 3.63) is 0 Å². The Balaban J connectivity index is 3.03. The Morgan fingerprint density at radius 1 is 0.389 bits per heavy atom. The van der Waals surface area contributed by atoms with Crippen LogP contribution in [0.4, 0.5) is 0 Å². The first kappa shape index (κ1) is 36.3. The van der Waals surface area contributed by atoms with E-state index < -0.39 is 13.4 Å². The van der Waals surface area contributed by atoms with Gasteiger partial charge < -0.3 is 5.11 Å². The molecule has 216 valence electrons. The lowest BCUT2D eigenvalue weighted by Crippen LogP contribution is -1.93. The number of hydrogen-bond donors (Lipinski definition) is 1. The van der Waals surface area contributed by atoms with Crippen LogP contribution in [0, 0.1) is 0 Å². The van der Waals surface area contributed by atoms with Crippen LogP contribution in [0.3, 0.4) is 0 Å². The Bertz CT molecular complexity index is 435. The Morgan fingerprint density at radius 3 is 0.778 bits per heavy atom. The summed E-state index contributed by atoms with van der Waals surface area (Å²) in [6.45, 7) is 0. The summed E-state index contributed by atoms with van der Waals surface area (Å²) in [7, 11) is -1.34. The van der Waals surface area contributed by atoms with E-state index in [4.69, 9.17) is 27.3 Å². The lowest BCUT2D eigenvalue weighted by Gasteiger charge is -2.04. The van der Waals surface area contributed by atoms with Crippen molar-refractivity contribution in [2.75, 3.05) is 0 Å². The third-order valence-corrected chi connectivity index (χ3v) is 9.72. The molecule has 36 heavy (non-hydrogen) atoms. The fraction of sp³-hybridized carbons (Fsp3) is 0.968. The van der Waals surface area contributed by atoms with Crippen molar-refractivity contribution in [1.82, 2.24) is 0 Å². The van der Waals surface area contributed by atoms with Crippen LogP contribution >= 0.6 is 22.2 Å². The van der Waals surface area contributed by atoms with Crippen LogP contribution in [0.25, 0.3) is 0 Å². The Morgan fingerprint density at radius 2 is 0.583 bits per heavy atom. The summed E-state index contributed by atoms with van der Waals surface area (Å²) in [6.07, 6.45) is 38.7.